The number of piperidine rings is 1. The van der Waals surface area contributed by atoms with E-state index in [9.17, 15) is 19.5 Å². The van der Waals surface area contributed by atoms with E-state index in [4.69, 9.17) is 14.2 Å². The highest BCUT2D eigenvalue weighted by molar-refractivity contribution is 6.15. The first-order valence-corrected chi connectivity index (χ1v) is 11.3. The summed E-state index contributed by atoms with van der Waals surface area (Å²) in [7, 11) is 1.32. The smallest absolute Gasteiger partial charge is 0.337 e. The van der Waals surface area contributed by atoms with Gasteiger partial charge in [-0.15, -0.1) is 0 Å². The van der Waals surface area contributed by atoms with E-state index in [1.807, 2.05) is 0 Å². The zero-order valence-corrected chi connectivity index (χ0v) is 19.2. The number of phenolic OH excluding ortho intramolecular Hbond substituents is 1. The maximum Gasteiger partial charge on any atom is 0.337 e. The van der Waals surface area contributed by atoms with Gasteiger partial charge in [0.25, 0.3) is 0 Å². The number of ether oxygens (including phenoxy) is 3. The van der Waals surface area contributed by atoms with Crippen LogP contribution in [0.5, 0.6) is 11.5 Å². The summed E-state index contributed by atoms with van der Waals surface area (Å²) in [4.78, 5) is 38.7. The van der Waals surface area contributed by atoms with Gasteiger partial charge in [-0.1, -0.05) is 12.1 Å². The molecule has 1 saturated heterocycles. The number of phenols is 1. The Morgan fingerprint density at radius 2 is 1.85 bits per heavy atom. The number of allylic oxidation sites excluding steroid dienone is 1. The molecule has 0 bridgehead atoms. The molecule has 1 N–H and O–H groups in total. The van der Waals surface area contributed by atoms with Crippen molar-refractivity contribution in [3.8, 4) is 11.5 Å². The van der Waals surface area contributed by atoms with Crippen molar-refractivity contribution in [2.45, 2.75) is 26.3 Å². The third-order valence-corrected chi connectivity index (χ3v) is 6.13. The van der Waals surface area contributed by atoms with E-state index in [-0.39, 0.29) is 29.2 Å². The van der Waals surface area contributed by atoms with Crippen LogP contribution in [0.3, 0.4) is 0 Å². The number of carbonyl (C=O) groups excluding carboxylic acids is 3. The lowest BCUT2D eigenvalue weighted by Gasteiger charge is -2.31. The molecule has 0 saturated carbocycles. The van der Waals surface area contributed by atoms with Gasteiger partial charge < -0.3 is 19.3 Å². The average molecular weight is 466 g/mol. The third kappa shape index (κ3) is 4.82. The summed E-state index contributed by atoms with van der Waals surface area (Å²) in [6.07, 6.45) is 2.97. The van der Waals surface area contributed by atoms with E-state index in [0.29, 0.717) is 67.1 Å². The van der Waals surface area contributed by atoms with E-state index >= 15 is 0 Å². The summed E-state index contributed by atoms with van der Waals surface area (Å²) in [6, 6.07) is 9.69. The van der Waals surface area contributed by atoms with Gasteiger partial charge >= 0.3 is 11.9 Å². The maximum atomic E-state index is 12.9. The molecular formula is C26H27NO7. The van der Waals surface area contributed by atoms with Crippen molar-refractivity contribution < 1.29 is 33.7 Å². The molecule has 0 atom stereocenters. The topological polar surface area (TPSA) is 102 Å². The highest BCUT2D eigenvalue weighted by Crippen LogP contribution is 2.40. The Balaban J connectivity index is 1.49. The van der Waals surface area contributed by atoms with Crippen LogP contribution in [0.1, 0.15) is 51.6 Å². The summed E-state index contributed by atoms with van der Waals surface area (Å²) in [5.41, 5.74) is 2.04. The van der Waals surface area contributed by atoms with Crippen molar-refractivity contribution in [3.63, 3.8) is 0 Å². The van der Waals surface area contributed by atoms with Crippen molar-refractivity contribution in [2.24, 2.45) is 5.92 Å². The van der Waals surface area contributed by atoms with Crippen molar-refractivity contribution in [1.29, 1.82) is 0 Å². The molecule has 1 fully saturated rings. The van der Waals surface area contributed by atoms with E-state index in [1.165, 1.54) is 13.2 Å². The summed E-state index contributed by atoms with van der Waals surface area (Å²) < 4.78 is 15.8. The van der Waals surface area contributed by atoms with Gasteiger partial charge in [-0.25, -0.2) is 4.79 Å². The van der Waals surface area contributed by atoms with Gasteiger partial charge in [0.1, 0.15) is 11.5 Å². The molecule has 8 heteroatoms. The molecule has 0 aliphatic carbocycles. The van der Waals surface area contributed by atoms with Crippen molar-refractivity contribution in [1.82, 2.24) is 4.90 Å². The summed E-state index contributed by atoms with van der Waals surface area (Å²) >= 11 is 0. The largest absolute Gasteiger partial charge is 0.507 e. The molecule has 2 heterocycles. The van der Waals surface area contributed by atoms with E-state index in [0.717, 1.165) is 0 Å². The summed E-state index contributed by atoms with van der Waals surface area (Å²) in [5.74, 6) is -0.412. The first-order valence-electron chi connectivity index (χ1n) is 11.3. The van der Waals surface area contributed by atoms with Crippen molar-refractivity contribution >= 4 is 23.8 Å². The highest BCUT2D eigenvalue weighted by atomic mass is 16.5. The monoisotopic (exact) mass is 465 g/mol. The lowest BCUT2D eigenvalue weighted by molar-refractivity contribution is -0.149. The fourth-order valence-corrected chi connectivity index (χ4v) is 4.24. The summed E-state index contributed by atoms with van der Waals surface area (Å²) in [6.45, 7) is 3.93. The van der Waals surface area contributed by atoms with Crippen molar-refractivity contribution in [2.75, 3.05) is 26.8 Å². The number of hydrogen-bond donors (Lipinski definition) is 1. The first kappa shape index (κ1) is 23.5. The molecule has 8 nitrogen and oxygen atoms in total. The lowest BCUT2D eigenvalue weighted by atomic mass is 9.96. The zero-order chi connectivity index (χ0) is 24.2. The van der Waals surface area contributed by atoms with Gasteiger partial charge in [0.05, 0.1) is 36.3 Å². The van der Waals surface area contributed by atoms with Gasteiger partial charge in [0, 0.05) is 6.54 Å². The predicted molar refractivity (Wildman–Crippen MR) is 123 cm³/mol. The molecule has 4 rings (SSSR count). The normalized spacial score (nSPS) is 17.4. The van der Waals surface area contributed by atoms with E-state index < -0.39 is 5.97 Å². The molecule has 0 amide bonds. The molecule has 34 heavy (non-hydrogen) atoms. The molecule has 0 radical (unpaired) electrons. The van der Waals surface area contributed by atoms with Crippen LogP contribution in [-0.2, 0) is 20.8 Å². The number of carbonyl (C=O) groups is 3. The number of likely N-dealkylation sites (tertiary alicyclic amines) is 1. The van der Waals surface area contributed by atoms with Gasteiger partial charge in [-0.2, -0.15) is 0 Å². The van der Waals surface area contributed by atoms with Gasteiger partial charge in [-0.3, -0.25) is 14.5 Å². The standard InChI is InChI=1S/C26H27NO7/c1-3-33-26(31)18-10-12-27(13-11-18)15-20-21(28)9-8-19-23(29)22(34-24(19)20)14-16-4-6-17(7-5-16)25(30)32-2/h4-9,14,18,28H,3,10-13,15H2,1-2H3/b22-14+. The van der Waals surface area contributed by atoms with E-state index in [2.05, 4.69) is 4.90 Å². The molecule has 2 aliphatic heterocycles. The third-order valence-electron chi connectivity index (χ3n) is 6.13. The van der Waals surface area contributed by atoms with Crippen LogP contribution in [0, 0.1) is 5.92 Å². The number of benzene rings is 2. The SMILES string of the molecule is CCOC(=O)C1CCN(Cc2c(O)ccc3c2O/C(=C/c2ccc(C(=O)OC)cc2)C3=O)CC1. The summed E-state index contributed by atoms with van der Waals surface area (Å²) in [5, 5.41) is 10.5. The Hall–Kier alpha value is -3.65. The Bertz CT molecular complexity index is 1130. The number of hydrogen-bond acceptors (Lipinski definition) is 8. The minimum atomic E-state index is -0.439. The molecular weight excluding hydrogens is 438 g/mol. The van der Waals surface area contributed by atoms with Gasteiger partial charge in [-0.05, 0) is 68.8 Å². The number of methoxy groups -OCH3 is 1. The van der Waals surface area contributed by atoms with Crippen molar-refractivity contribution in [3.05, 3.63) is 64.4 Å². The van der Waals surface area contributed by atoms with Crippen LogP contribution >= 0.6 is 0 Å². The second-order valence-corrected chi connectivity index (χ2v) is 8.30. The lowest BCUT2D eigenvalue weighted by Crippen LogP contribution is -2.36. The Morgan fingerprint density at radius 3 is 2.50 bits per heavy atom. The number of nitrogens with zero attached hydrogens (tertiary/aromatic N) is 1. The quantitative estimate of drug-likeness (QED) is 0.510. The molecule has 178 valence electrons. The number of rotatable bonds is 6. The fourth-order valence-electron chi connectivity index (χ4n) is 4.24. The second-order valence-electron chi connectivity index (χ2n) is 8.30. The second kappa shape index (κ2) is 10.1. The zero-order valence-electron chi connectivity index (χ0n) is 19.2. The first-order chi connectivity index (χ1) is 16.4. The maximum absolute atomic E-state index is 12.9. The molecule has 0 unspecified atom stereocenters. The van der Waals surface area contributed by atoms with Gasteiger partial charge in [0.15, 0.2) is 5.76 Å². The van der Waals surface area contributed by atoms with Crippen LogP contribution in [-0.4, -0.2) is 54.5 Å². The van der Waals surface area contributed by atoms with Gasteiger partial charge in [0.2, 0.25) is 5.78 Å². The number of fused-ring (bicyclic) bond motifs is 1. The number of esters is 2. The highest BCUT2D eigenvalue weighted by Gasteiger charge is 2.33. The van der Waals surface area contributed by atoms with Crippen LogP contribution in [0.4, 0.5) is 0 Å². The fraction of sp³-hybridized carbons (Fsp3) is 0.346. The van der Waals surface area contributed by atoms with Crippen LogP contribution in [0.25, 0.3) is 6.08 Å². The number of Topliss-reactive ketones (excluding diaryl/α,β-unsaturated/α-hetero) is 1. The minimum absolute atomic E-state index is 0.0581. The number of aromatic hydroxyl groups is 1. The minimum Gasteiger partial charge on any atom is -0.507 e. The Morgan fingerprint density at radius 1 is 1.15 bits per heavy atom. The Labute approximate surface area is 197 Å². The number of ketones is 1. The molecule has 2 aliphatic rings. The average Bonchev–Trinajstić information content (AvgIpc) is 3.16. The van der Waals surface area contributed by atoms with Crippen LogP contribution in [0.2, 0.25) is 0 Å². The molecule has 0 spiro atoms. The molecule has 2 aromatic rings. The predicted octanol–water partition coefficient (Wildman–Crippen LogP) is 3.57. The van der Waals surface area contributed by atoms with E-state index in [1.54, 1.807) is 43.3 Å². The van der Waals surface area contributed by atoms with Crippen LogP contribution in [0.15, 0.2) is 42.2 Å². The Kier molecular flexibility index (Phi) is 6.98. The van der Waals surface area contributed by atoms with Crippen LogP contribution < -0.4 is 4.74 Å². The molecule has 0 aromatic heterocycles. The molecule has 2 aromatic carbocycles.